The number of esters is 1. The Kier molecular flexibility index (Phi) is 3.71. The Balaban J connectivity index is 1.57. The molecule has 0 spiro atoms. The molecule has 2 aliphatic heterocycles. The molecule has 0 aromatic heterocycles. The Morgan fingerprint density at radius 2 is 1.92 bits per heavy atom. The van der Waals surface area contributed by atoms with Gasteiger partial charge < -0.3 is 14.8 Å². The molecule has 1 amide bonds. The van der Waals surface area contributed by atoms with Gasteiger partial charge in [0.1, 0.15) is 5.75 Å². The van der Waals surface area contributed by atoms with Crippen LogP contribution in [0, 0.1) is 0 Å². The van der Waals surface area contributed by atoms with Gasteiger partial charge in [0.15, 0.2) is 5.60 Å². The number of hydrogen-bond acceptors (Lipinski definition) is 4. The summed E-state index contributed by atoms with van der Waals surface area (Å²) in [5, 5.41) is 3.04. The molecule has 0 saturated heterocycles. The summed E-state index contributed by atoms with van der Waals surface area (Å²) >= 11 is 0. The van der Waals surface area contributed by atoms with Crippen LogP contribution in [0.25, 0.3) is 0 Å². The van der Waals surface area contributed by atoms with Crippen LogP contribution < -0.4 is 10.1 Å². The molecule has 0 saturated carbocycles. The highest BCUT2D eigenvalue weighted by Crippen LogP contribution is 2.33. The Labute approximate surface area is 145 Å². The number of rotatable bonds is 2. The van der Waals surface area contributed by atoms with Crippen LogP contribution in [0.3, 0.4) is 0 Å². The van der Waals surface area contributed by atoms with Gasteiger partial charge in [0.2, 0.25) is 0 Å². The maximum Gasteiger partial charge on any atom is 0.339 e. The number of ether oxygens (including phenoxy) is 2. The van der Waals surface area contributed by atoms with Crippen molar-refractivity contribution in [1.29, 1.82) is 0 Å². The van der Waals surface area contributed by atoms with Crippen LogP contribution in [0.5, 0.6) is 5.75 Å². The minimum Gasteiger partial charge on any atom is -0.493 e. The summed E-state index contributed by atoms with van der Waals surface area (Å²) in [7, 11) is 0. The van der Waals surface area contributed by atoms with Crippen molar-refractivity contribution in [3.63, 3.8) is 0 Å². The van der Waals surface area contributed by atoms with Crippen LogP contribution in [0.15, 0.2) is 48.5 Å². The second kappa shape index (κ2) is 5.92. The number of nitrogens with one attached hydrogen (secondary N) is 1. The van der Waals surface area contributed by atoms with E-state index in [9.17, 15) is 9.59 Å². The molecule has 5 nitrogen and oxygen atoms in total. The van der Waals surface area contributed by atoms with Crippen molar-refractivity contribution < 1.29 is 19.1 Å². The Bertz CT molecular complexity index is 847. The second-order valence-corrected chi connectivity index (χ2v) is 6.66. The molecule has 1 N–H and O–H groups in total. The maximum absolute atomic E-state index is 12.9. The normalized spacial score (nSPS) is 24.4. The van der Waals surface area contributed by atoms with Crippen molar-refractivity contribution >= 4 is 11.9 Å². The topological polar surface area (TPSA) is 64.6 Å². The molecule has 128 valence electrons. The lowest BCUT2D eigenvalue weighted by atomic mass is 9.88. The molecule has 25 heavy (non-hydrogen) atoms. The number of para-hydroxylation sites is 1. The van der Waals surface area contributed by atoms with Crippen LogP contribution in [0.4, 0.5) is 0 Å². The highest BCUT2D eigenvalue weighted by atomic mass is 16.6. The third-order valence-corrected chi connectivity index (χ3v) is 4.83. The van der Waals surface area contributed by atoms with Gasteiger partial charge in [-0.1, -0.05) is 36.4 Å². The molecular formula is C20H19NO4. The van der Waals surface area contributed by atoms with Gasteiger partial charge in [0, 0.05) is 18.4 Å². The molecule has 0 radical (unpaired) electrons. The van der Waals surface area contributed by atoms with Crippen LogP contribution in [0.1, 0.15) is 40.9 Å². The summed E-state index contributed by atoms with van der Waals surface area (Å²) in [5.74, 6) is 0.0547. The Morgan fingerprint density at radius 3 is 2.80 bits per heavy atom. The first-order chi connectivity index (χ1) is 12.1. The quantitative estimate of drug-likeness (QED) is 0.856. The lowest BCUT2D eigenvalue weighted by Crippen LogP contribution is -2.52. The molecule has 2 aliphatic rings. The van der Waals surface area contributed by atoms with E-state index in [1.54, 1.807) is 19.1 Å². The fourth-order valence-corrected chi connectivity index (χ4v) is 3.46. The predicted molar refractivity (Wildman–Crippen MR) is 91.4 cm³/mol. The van der Waals surface area contributed by atoms with E-state index in [4.69, 9.17) is 9.47 Å². The van der Waals surface area contributed by atoms with Gasteiger partial charge in [-0.15, -0.1) is 0 Å². The smallest absolute Gasteiger partial charge is 0.339 e. The van der Waals surface area contributed by atoms with E-state index in [2.05, 4.69) is 5.32 Å². The average molecular weight is 337 g/mol. The molecular weight excluding hydrogens is 318 g/mol. The zero-order chi connectivity index (χ0) is 17.4. The van der Waals surface area contributed by atoms with Crippen molar-refractivity contribution in [1.82, 2.24) is 5.32 Å². The summed E-state index contributed by atoms with van der Waals surface area (Å²) in [6.07, 6.45) is 1.05. The summed E-state index contributed by atoms with van der Waals surface area (Å²) in [4.78, 5) is 25.2. The summed E-state index contributed by atoms with van der Waals surface area (Å²) in [6.45, 7) is 2.21. The number of benzene rings is 2. The molecule has 2 aromatic rings. The van der Waals surface area contributed by atoms with Crippen molar-refractivity contribution in [2.24, 2.45) is 0 Å². The van der Waals surface area contributed by atoms with Crippen molar-refractivity contribution in [2.75, 3.05) is 6.61 Å². The predicted octanol–water partition coefficient (Wildman–Crippen LogP) is 2.80. The van der Waals surface area contributed by atoms with E-state index in [1.807, 2.05) is 36.4 Å². The second-order valence-electron chi connectivity index (χ2n) is 6.66. The Hall–Kier alpha value is -2.82. The standard InChI is InChI=1S/C20H19NO4/c1-20(12-13-6-2-3-7-14(13)18(22)25-20)19(23)21-16-10-11-24-17-9-5-4-8-15(16)17/h2-9,16H,10-12H2,1H3,(H,21,23). The first kappa shape index (κ1) is 15.7. The fourth-order valence-electron chi connectivity index (χ4n) is 3.46. The van der Waals surface area contributed by atoms with Gasteiger partial charge in [-0.25, -0.2) is 4.79 Å². The lowest BCUT2D eigenvalue weighted by molar-refractivity contribution is -0.140. The lowest BCUT2D eigenvalue weighted by Gasteiger charge is -2.35. The van der Waals surface area contributed by atoms with Gasteiger partial charge in [-0.3, -0.25) is 4.79 Å². The molecule has 0 fully saturated rings. The Morgan fingerprint density at radius 1 is 1.16 bits per heavy atom. The third-order valence-electron chi connectivity index (χ3n) is 4.83. The zero-order valence-electron chi connectivity index (χ0n) is 14.0. The monoisotopic (exact) mass is 337 g/mol. The number of hydrogen-bond donors (Lipinski definition) is 1. The highest BCUT2D eigenvalue weighted by molar-refractivity contribution is 5.97. The van der Waals surface area contributed by atoms with Crippen LogP contribution in [-0.4, -0.2) is 24.1 Å². The summed E-state index contributed by atoms with van der Waals surface area (Å²) < 4.78 is 11.1. The number of cyclic esters (lactones) is 1. The number of amides is 1. The average Bonchev–Trinajstić information content (AvgIpc) is 2.62. The van der Waals surface area contributed by atoms with E-state index in [0.717, 1.165) is 16.9 Å². The SMILES string of the molecule is CC1(C(=O)NC2CCOc3ccccc32)Cc2ccccc2C(=O)O1. The largest absolute Gasteiger partial charge is 0.493 e. The van der Waals surface area contributed by atoms with Gasteiger partial charge in [0.25, 0.3) is 5.91 Å². The van der Waals surface area contributed by atoms with Gasteiger partial charge in [-0.2, -0.15) is 0 Å². The van der Waals surface area contributed by atoms with Crippen LogP contribution in [0.2, 0.25) is 0 Å². The van der Waals surface area contributed by atoms with E-state index in [-0.39, 0.29) is 11.9 Å². The number of carbonyl (C=O) groups excluding carboxylic acids is 2. The van der Waals surface area contributed by atoms with E-state index >= 15 is 0 Å². The molecule has 2 unspecified atom stereocenters. The number of carbonyl (C=O) groups is 2. The first-order valence-corrected chi connectivity index (χ1v) is 8.41. The minimum atomic E-state index is -1.21. The van der Waals surface area contributed by atoms with Crippen molar-refractivity contribution in [3.05, 3.63) is 65.2 Å². The van der Waals surface area contributed by atoms with Crippen molar-refractivity contribution in [2.45, 2.75) is 31.4 Å². The van der Waals surface area contributed by atoms with Gasteiger partial charge >= 0.3 is 5.97 Å². The van der Waals surface area contributed by atoms with Gasteiger partial charge in [-0.05, 0) is 24.6 Å². The fraction of sp³-hybridized carbons (Fsp3) is 0.300. The van der Waals surface area contributed by atoms with E-state index in [1.165, 1.54) is 0 Å². The molecule has 5 heteroatoms. The minimum absolute atomic E-state index is 0.148. The van der Waals surface area contributed by atoms with E-state index in [0.29, 0.717) is 25.0 Å². The molecule has 0 bridgehead atoms. The van der Waals surface area contributed by atoms with Crippen molar-refractivity contribution in [3.8, 4) is 5.75 Å². The van der Waals surface area contributed by atoms with Gasteiger partial charge in [0.05, 0.1) is 18.2 Å². The molecule has 0 aliphatic carbocycles. The number of fused-ring (bicyclic) bond motifs is 2. The highest BCUT2D eigenvalue weighted by Gasteiger charge is 2.43. The molecule has 2 heterocycles. The van der Waals surface area contributed by atoms with Crippen LogP contribution in [-0.2, 0) is 16.0 Å². The molecule has 2 atom stereocenters. The van der Waals surface area contributed by atoms with Crippen LogP contribution >= 0.6 is 0 Å². The maximum atomic E-state index is 12.9. The van der Waals surface area contributed by atoms with E-state index < -0.39 is 11.6 Å². The zero-order valence-corrected chi connectivity index (χ0v) is 14.0. The third kappa shape index (κ3) is 2.76. The summed E-state index contributed by atoms with van der Waals surface area (Å²) in [6, 6.07) is 14.8. The molecule has 4 rings (SSSR count). The molecule has 2 aromatic carbocycles. The first-order valence-electron chi connectivity index (χ1n) is 8.41. The summed E-state index contributed by atoms with van der Waals surface area (Å²) in [5.41, 5.74) is 1.11.